The van der Waals surface area contributed by atoms with Gasteiger partial charge in [-0.15, -0.1) is 0 Å². The fraction of sp³-hybridized carbons (Fsp3) is 0.333. The molecule has 2 aromatic carbocycles. The molecule has 2 aromatic rings. The van der Waals surface area contributed by atoms with Crippen molar-refractivity contribution in [2.45, 2.75) is 31.2 Å². The minimum atomic E-state index is -3.54. The maximum absolute atomic E-state index is 12.6. The summed E-state index contributed by atoms with van der Waals surface area (Å²) in [7, 11) is -2.19. The van der Waals surface area contributed by atoms with E-state index in [1.165, 1.54) is 24.7 Å². The second-order valence-electron chi connectivity index (χ2n) is 7.00. The second kappa shape index (κ2) is 8.75. The van der Waals surface area contributed by atoms with Gasteiger partial charge in [0.1, 0.15) is 0 Å². The van der Waals surface area contributed by atoms with Gasteiger partial charge in [0.15, 0.2) is 0 Å². The Hall–Kier alpha value is -2.71. The summed E-state index contributed by atoms with van der Waals surface area (Å²) in [5, 5.41) is 2.82. The lowest BCUT2D eigenvalue weighted by molar-refractivity contribution is -0.126. The minimum absolute atomic E-state index is 0.0727. The lowest BCUT2D eigenvalue weighted by Crippen LogP contribution is -2.32. The van der Waals surface area contributed by atoms with E-state index in [1.54, 1.807) is 17.0 Å². The molecule has 0 bridgehead atoms. The Labute approximate surface area is 171 Å². The summed E-state index contributed by atoms with van der Waals surface area (Å²) in [5.41, 5.74) is 2.66. The van der Waals surface area contributed by atoms with E-state index in [0.29, 0.717) is 12.1 Å². The van der Waals surface area contributed by atoms with Crippen LogP contribution in [-0.2, 0) is 32.6 Å². The second-order valence-corrected chi connectivity index (χ2v) is 8.88. The highest BCUT2D eigenvalue weighted by Crippen LogP contribution is 2.25. The molecule has 1 heterocycles. The molecular formula is C21H25N3O4S. The normalized spacial score (nSPS) is 16.8. The van der Waals surface area contributed by atoms with Crippen LogP contribution in [0.15, 0.2) is 53.4 Å². The molecule has 1 atom stereocenters. The molecule has 1 saturated heterocycles. The number of sulfonamides is 1. The van der Waals surface area contributed by atoms with Crippen molar-refractivity contribution in [2.75, 3.05) is 18.5 Å². The molecule has 0 saturated carbocycles. The molecule has 154 valence electrons. The fourth-order valence-corrected chi connectivity index (χ4v) is 4.12. The van der Waals surface area contributed by atoms with E-state index in [2.05, 4.69) is 17.0 Å². The summed E-state index contributed by atoms with van der Waals surface area (Å²) in [6, 6.07) is 14.2. The first-order chi connectivity index (χ1) is 13.8. The van der Waals surface area contributed by atoms with Crippen LogP contribution in [0, 0.1) is 5.92 Å². The summed E-state index contributed by atoms with van der Waals surface area (Å²) >= 11 is 0. The monoisotopic (exact) mass is 415 g/mol. The number of rotatable bonds is 7. The zero-order chi connectivity index (χ0) is 21.0. The van der Waals surface area contributed by atoms with Gasteiger partial charge in [-0.3, -0.25) is 9.59 Å². The first-order valence-corrected chi connectivity index (χ1v) is 11.0. The van der Waals surface area contributed by atoms with Crippen LogP contribution < -0.4 is 14.9 Å². The lowest BCUT2D eigenvalue weighted by Gasteiger charge is -2.17. The predicted molar refractivity (Wildman–Crippen MR) is 111 cm³/mol. The van der Waals surface area contributed by atoms with Crippen LogP contribution in [0.4, 0.5) is 5.69 Å². The number of anilines is 1. The van der Waals surface area contributed by atoms with Crippen molar-refractivity contribution >= 4 is 27.5 Å². The average Bonchev–Trinajstić information content (AvgIpc) is 3.14. The number of benzene rings is 2. The van der Waals surface area contributed by atoms with E-state index in [4.69, 9.17) is 0 Å². The van der Waals surface area contributed by atoms with Crippen LogP contribution in [0.3, 0.4) is 0 Å². The van der Waals surface area contributed by atoms with E-state index >= 15 is 0 Å². The Kier molecular flexibility index (Phi) is 6.34. The predicted octanol–water partition coefficient (Wildman–Crippen LogP) is 1.83. The number of amides is 2. The molecule has 0 radical (unpaired) electrons. The van der Waals surface area contributed by atoms with E-state index < -0.39 is 15.9 Å². The maximum Gasteiger partial charge on any atom is 0.240 e. The number of hydrogen-bond acceptors (Lipinski definition) is 4. The lowest BCUT2D eigenvalue weighted by atomic mass is 10.1. The number of carbonyl (C=O) groups excluding carboxylic acids is 2. The van der Waals surface area contributed by atoms with Crippen molar-refractivity contribution in [3.8, 4) is 0 Å². The number of aryl methyl sites for hydroxylation is 1. The summed E-state index contributed by atoms with van der Waals surface area (Å²) in [5.74, 6) is -0.720. The first-order valence-electron chi connectivity index (χ1n) is 9.53. The summed E-state index contributed by atoms with van der Waals surface area (Å²) < 4.78 is 26.1. The molecule has 1 unspecified atom stereocenters. The molecule has 2 amide bonds. The molecule has 1 aliphatic heterocycles. The molecule has 1 aliphatic rings. The standard InChI is InChI=1S/C21H25N3O4S/c1-3-15-7-9-18(10-8-15)24-14-17(12-20(24)25)21(26)23-13-16-5-4-6-19(11-16)29(27,28)22-2/h4-11,17,22H,3,12-14H2,1-2H3,(H,23,26). The maximum atomic E-state index is 12.6. The van der Waals surface area contributed by atoms with Gasteiger partial charge in [0.25, 0.3) is 0 Å². The van der Waals surface area contributed by atoms with Crippen LogP contribution in [0.2, 0.25) is 0 Å². The van der Waals surface area contributed by atoms with E-state index in [-0.39, 0.29) is 29.7 Å². The van der Waals surface area contributed by atoms with Gasteiger partial charge >= 0.3 is 0 Å². The summed E-state index contributed by atoms with van der Waals surface area (Å²) in [6.07, 6.45) is 1.09. The quantitative estimate of drug-likeness (QED) is 0.721. The number of carbonyl (C=O) groups is 2. The zero-order valence-corrected chi connectivity index (χ0v) is 17.3. The van der Waals surface area contributed by atoms with Crippen molar-refractivity contribution in [3.05, 3.63) is 59.7 Å². The molecule has 2 N–H and O–H groups in total. The van der Waals surface area contributed by atoms with Crippen LogP contribution in [0.1, 0.15) is 24.5 Å². The largest absolute Gasteiger partial charge is 0.352 e. The van der Waals surface area contributed by atoms with Crippen molar-refractivity contribution < 1.29 is 18.0 Å². The number of hydrogen-bond donors (Lipinski definition) is 2. The van der Waals surface area contributed by atoms with Crippen LogP contribution in [0.5, 0.6) is 0 Å². The van der Waals surface area contributed by atoms with Crippen LogP contribution >= 0.6 is 0 Å². The van der Waals surface area contributed by atoms with E-state index in [1.807, 2.05) is 24.3 Å². The van der Waals surface area contributed by atoms with E-state index in [9.17, 15) is 18.0 Å². The Balaban J connectivity index is 1.62. The van der Waals surface area contributed by atoms with Gasteiger partial charge in [0.05, 0.1) is 10.8 Å². The molecule has 7 nitrogen and oxygen atoms in total. The molecule has 0 aromatic heterocycles. The Morgan fingerprint density at radius 1 is 1.14 bits per heavy atom. The average molecular weight is 416 g/mol. The number of nitrogens with one attached hydrogen (secondary N) is 2. The third-order valence-electron chi connectivity index (χ3n) is 5.10. The van der Waals surface area contributed by atoms with Crippen LogP contribution in [-0.4, -0.2) is 33.8 Å². The third kappa shape index (κ3) is 4.83. The highest BCUT2D eigenvalue weighted by atomic mass is 32.2. The van der Waals surface area contributed by atoms with E-state index in [0.717, 1.165) is 12.1 Å². The molecule has 1 fully saturated rings. The molecule has 0 aliphatic carbocycles. The highest BCUT2D eigenvalue weighted by Gasteiger charge is 2.35. The molecule has 8 heteroatoms. The van der Waals surface area contributed by atoms with Gasteiger partial charge in [-0.25, -0.2) is 13.1 Å². The Morgan fingerprint density at radius 2 is 1.86 bits per heavy atom. The number of nitrogens with zero attached hydrogens (tertiary/aromatic N) is 1. The molecular weight excluding hydrogens is 390 g/mol. The molecule has 29 heavy (non-hydrogen) atoms. The van der Waals surface area contributed by atoms with Crippen molar-refractivity contribution in [2.24, 2.45) is 5.92 Å². The first kappa shape index (κ1) is 21.0. The van der Waals surface area contributed by atoms with Crippen LogP contribution in [0.25, 0.3) is 0 Å². The van der Waals surface area contributed by atoms with Gasteiger partial charge in [-0.1, -0.05) is 31.2 Å². The molecule has 0 spiro atoms. The van der Waals surface area contributed by atoms with Crippen molar-refractivity contribution in [3.63, 3.8) is 0 Å². The van der Waals surface area contributed by atoms with Gasteiger partial charge in [-0.2, -0.15) is 0 Å². The highest BCUT2D eigenvalue weighted by molar-refractivity contribution is 7.89. The summed E-state index contributed by atoms with van der Waals surface area (Å²) in [6.45, 7) is 2.60. The Bertz CT molecular complexity index is 1000. The van der Waals surface area contributed by atoms with Gasteiger partial charge in [0.2, 0.25) is 21.8 Å². The van der Waals surface area contributed by atoms with Gasteiger partial charge in [-0.05, 0) is 48.9 Å². The summed E-state index contributed by atoms with van der Waals surface area (Å²) in [4.78, 5) is 26.7. The van der Waals surface area contributed by atoms with Crippen molar-refractivity contribution in [1.82, 2.24) is 10.0 Å². The van der Waals surface area contributed by atoms with Crippen molar-refractivity contribution in [1.29, 1.82) is 0 Å². The smallest absolute Gasteiger partial charge is 0.240 e. The topological polar surface area (TPSA) is 95.6 Å². The molecule has 3 rings (SSSR count). The Morgan fingerprint density at radius 3 is 2.52 bits per heavy atom. The van der Waals surface area contributed by atoms with Gasteiger partial charge in [0, 0.05) is 25.2 Å². The SMILES string of the molecule is CCc1ccc(N2CC(C(=O)NCc3cccc(S(=O)(=O)NC)c3)CC2=O)cc1. The third-order valence-corrected chi connectivity index (χ3v) is 6.51. The van der Waals surface area contributed by atoms with Gasteiger partial charge < -0.3 is 10.2 Å². The zero-order valence-electron chi connectivity index (χ0n) is 16.5. The fourth-order valence-electron chi connectivity index (χ4n) is 3.32. The minimum Gasteiger partial charge on any atom is -0.352 e.